The van der Waals surface area contributed by atoms with Crippen LogP contribution in [-0.4, -0.2) is 16.9 Å². The highest BCUT2D eigenvalue weighted by molar-refractivity contribution is 7.19. The van der Waals surface area contributed by atoms with E-state index in [1.54, 1.807) is 11.3 Å². The van der Waals surface area contributed by atoms with Crippen LogP contribution in [0.3, 0.4) is 0 Å². The highest BCUT2D eigenvalue weighted by Crippen LogP contribution is 2.25. The van der Waals surface area contributed by atoms with E-state index in [0.717, 1.165) is 22.0 Å². The van der Waals surface area contributed by atoms with Crippen LogP contribution in [0.2, 0.25) is 0 Å². The smallest absolute Gasteiger partial charge is 0.237 e. The molecule has 0 saturated carbocycles. The van der Waals surface area contributed by atoms with Gasteiger partial charge in [-0.3, -0.25) is 4.79 Å². The largest absolute Gasteiger partial charge is 0.361 e. The molecule has 0 radical (unpaired) electrons. The number of para-hydroxylation sites is 1. The summed E-state index contributed by atoms with van der Waals surface area (Å²) >= 11 is 1.77. The summed E-state index contributed by atoms with van der Waals surface area (Å²) in [6.07, 6.45) is 2.63. The third-order valence-corrected chi connectivity index (χ3v) is 7.19. The molecule has 1 unspecified atom stereocenters. The molecule has 5 aromatic rings. The summed E-state index contributed by atoms with van der Waals surface area (Å²) in [5.41, 5.74) is 3.33. The normalized spacial score (nSPS) is 13.2. The summed E-state index contributed by atoms with van der Waals surface area (Å²) in [6, 6.07) is 28.5. The van der Waals surface area contributed by atoms with Crippen molar-refractivity contribution in [2.45, 2.75) is 32.0 Å². The SMILES string of the molecule is C[C@H](NC(=O)C(Cc1c[nH]c2ccccc12)NCc1cc2ccccc2s1)c1ccccc1. The second kappa shape index (κ2) is 9.61. The molecular weight excluding hydrogens is 426 g/mol. The van der Waals surface area contributed by atoms with Gasteiger partial charge >= 0.3 is 0 Å². The van der Waals surface area contributed by atoms with Crippen molar-refractivity contribution < 1.29 is 4.79 Å². The lowest BCUT2D eigenvalue weighted by Gasteiger charge is -2.21. The van der Waals surface area contributed by atoms with Crippen LogP contribution in [0.25, 0.3) is 21.0 Å². The Balaban J connectivity index is 1.36. The number of carbonyl (C=O) groups is 1. The molecule has 2 aromatic heterocycles. The van der Waals surface area contributed by atoms with Crippen LogP contribution in [0.15, 0.2) is 91.1 Å². The zero-order chi connectivity index (χ0) is 22.6. The van der Waals surface area contributed by atoms with Crippen molar-refractivity contribution in [1.82, 2.24) is 15.6 Å². The van der Waals surface area contributed by atoms with Crippen molar-refractivity contribution in [3.05, 3.63) is 107 Å². The predicted octanol–water partition coefficient (Wildman–Crippen LogP) is 5.96. The number of nitrogens with one attached hydrogen (secondary N) is 3. The molecule has 33 heavy (non-hydrogen) atoms. The molecule has 3 N–H and O–H groups in total. The van der Waals surface area contributed by atoms with E-state index < -0.39 is 0 Å². The number of carbonyl (C=O) groups excluding carboxylic acids is 1. The second-order valence-electron chi connectivity index (χ2n) is 8.39. The molecule has 5 heteroatoms. The lowest BCUT2D eigenvalue weighted by atomic mass is 10.0. The highest BCUT2D eigenvalue weighted by atomic mass is 32.1. The number of aromatic nitrogens is 1. The molecule has 0 aliphatic rings. The average Bonchev–Trinajstić information content (AvgIpc) is 3.46. The number of hydrogen-bond acceptors (Lipinski definition) is 3. The van der Waals surface area contributed by atoms with E-state index in [1.807, 2.05) is 55.6 Å². The third kappa shape index (κ3) is 4.85. The van der Waals surface area contributed by atoms with Gasteiger partial charge in [-0.25, -0.2) is 0 Å². The van der Waals surface area contributed by atoms with Crippen LogP contribution in [-0.2, 0) is 17.8 Å². The molecule has 1 amide bonds. The van der Waals surface area contributed by atoms with E-state index in [9.17, 15) is 4.79 Å². The Hall–Kier alpha value is -3.41. The number of amides is 1. The molecule has 0 aliphatic heterocycles. The number of fused-ring (bicyclic) bond motifs is 2. The molecule has 0 fully saturated rings. The zero-order valence-electron chi connectivity index (χ0n) is 18.5. The van der Waals surface area contributed by atoms with Gasteiger partial charge in [-0.15, -0.1) is 11.3 Å². The molecule has 166 valence electrons. The maximum atomic E-state index is 13.4. The minimum Gasteiger partial charge on any atom is -0.361 e. The summed E-state index contributed by atoms with van der Waals surface area (Å²) in [6.45, 7) is 2.68. The number of thiophene rings is 1. The first-order valence-electron chi connectivity index (χ1n) is 11.3. The molecule has 0 spiro atoms. The van der Waals surface area contributed by atoms with E-state index in [0.29, 0.717) is 13.0 Å². The molecule has 4 nitrogen and oxygen atoms in total. The van der Waals surface area contributed by atoms with Crippen molar-refractivity contribution >= 4 is 38.2 Å². The monoisotopic (exact) mass is 453 g/mol. The first kappa shape index (κ1) is 21.4. The first-order chi connectivity index (χ1) is 16.2. The van der Waals surface area contributed by atoms with Crippen LogP contribution < -0.4 is 10.6 Å². The molecule has 0 saturated heterocycles. The van der Waals surface area contributed by atoms with Gasteiger partial charge in [0.25, 0.3) is 0 Å². The second-order valence-corrected chi connectivity index (χ2v) is 9.56. The van der Waals surface area contributed by atoms with Crippen molar-refractivity contribution in [2.24, 2.45) is 0 Å². The third-order valence-electron chi connectivity index (χ3n) is 6.07. The summed E-state index contributed by atoms with van der Waals surface area (Å²) in [4.78, 5) is 18.0. The van der Waals surface area contributed by atoms with Crippen LogP contribution in [0.1, 0.15) is 29.0 Å². The van der Waals surface area contributed by atoms with E-state index in [4.69, 9.17) is 0 Å². The fraction of sp³-hybridized carbons (Fsp3) is 0.179. The van der Waals surface area contributed by atoms with Gasteiger partial charge in [0.2, 0.25) is 5.91 Å². The topological polar surface area (TPSA) is 56.9 Å². The van der Waals surface area contributed by atoms with Gasteiger partial charge in [-0.1, -0.05) is 66.7 Å². The summed E-state index contributed by atoms with van der Waals surface area (Å²) in [5.74, 6) is 0.0118. The first-order valence-corrected chi connectivity index (χ1v) is 12.1. The van der Waals surface area contributed by atoms with Gasteiger partial charge in [-0.05, 0) is 48.1 Å². The molecule has 2 heterocycles. The summed E-state index contributed by atoms with van der Waals surface area (Å²) < 4.78 is 1.27. The Morgan fingerprint density at radius 3 is 2.58 bits per heavy atom. The molecule has 5 rings (SSSR count). The van der Waals surface area contributed by atoms with E-state index >= 15 is 0 Å². The lowest BCUT2D eigenvalue weighted by Crippen LogP contribution is -2.46. The molecule has 0 bridgehead atoms. The quantitative estimate of drug-likeness (QED) is 0.271. The standard InChI is InChI=1S/C28H27N3OS/c1-19(20-9-3-2-4-10-20)31-28(32)26(16-22-17-29-25-13-7-6-12-24(22)25)30-18-23-15-21-11-5-8-14-27(21)33-23/h2-15,17,19,26,29-30H,16,18H2,1H3,(H,31,32)/t19-,26?/m0/s1. The molecule has 0 aliphatic carbocycles. The Morgan fingerprint density at radius 2 is 1.73 bits per heavy atom. The van der Waals surface area contributed by atoms with Gasteiger partial charge in [-0.2, -0.15) is 0 Å². The molecule has 3 aromatic carbocycles. The number of H-pyrrole nitrogens is 1. The maximum absolute atomic E-state index is 13.4. The Morgan fingerprint density at radius 1 is 0.970 bits per heavy atom. The molecular formula is C28H27N3OS. The number of rotatable bonds is 8. The molecule has 2 atom stereocenters. The van der Waals surface area contributed by atoms with Gasteiger partial charge < -0.3 is 15.6 Å². The average molecular weight is 454 g/mol. The van der Waals surface area contributed by atoms with Crippen molar-refractivity contribution in [1.29, 1.82) is 0 Å². The van der Waals surface area contributed by atoms with Gasteiger partial charge in [0.15, 0.2) is 0 Å². The minimum absolute atomic E-state index is 0.0118. The highest BCUT2D eigenvalue weighted by Gasteiger charge is 2.22. The van der Waals surface area contributed by atoms with Crippen LogP contribution in [0.5, 0.6) is 0 Å². The van der Waals surface area contributed by atoms with Crippen molar-refractivity contribution in [2.75, 3.05) is 0 Å². The minimum atomic E-state index is -0.347. The Labute approximate surface area is 197 Å². The van der Waals surface area contributed by atoms with Gasteiger partial charge in [0.1, 0.15) is 0 Å². The summed E-state index contributed by atoms with van der Waals surface area (Å²) in [5, 5.41) is 9.16. The van der Waals surface area contributed by atoms with Gasteiger partial charge in [0.05, 0.1) is 12.1 Å². The van der Waals surface area contributed by atoms with Crippen LogP contribution in [0, 0.1) is 0 Å². The Kier molecular flexibility index (Phi) is 6.24. The van der Waals surface area contributed by atoms with Crippen molar-refractivity contribution in [3.8, 4) is 0 Å². The maximum Gasteiger partial charge on any atom is 0.237 e. The van der Waals surface area contributed by atoms with E-state index in [2.05, 4.69) is 58.1 Å². The van der Waals surface area contributed by atoms with Crippen LogP contribution in [0.4, 0.5) is 0 Å². The number of aromatic amines is 1. The fourth-order valence-electron chi connectivity index (χ4n) is 4.26. The van der Waals surface area contributed by atoms with E-state index in [-0.39, 0.29) is 18.0 Å². The van der Waals surface area contributed by atoms with E-state index in [1.165, 1.54) is 15.0 Å². The predicted molar refractivity (Wildman–Crippen MR) is 137 cm³/mol. The Bertz CT molecular complexity index is 1340. The van der Waals surface area contributed by atoms with Crippen LogP contribution >= 0.6 is 11.3 Å². The zero-order valence-corrected chi connectivity index (χ0v) is 19.4. The number of hydrogen-bond donors (Lipinski definition) is 3. The van der Waals surface area contributed by atoms with Crippen molar-refractivity contribution in [3.63, 3.8) is 0 Å². The summed E-state index contributed by atoms with van der Waals surface area (Å²) in [7, 11) is 0. The van der Waals surface area contributed by atoms with Gasteiger partial charge in [0, 0.05) is 33.2 Å². The fourth-order valence-corrected chi connectivity index (χ4v) is 5.28. The lowest BCUT2D eigenvalue weighted by molar-refractivity contribution is -0.123. The number of benzene rings is 3.